The summed E-state index contributed by atoms with van der Waals surface area (Å²) in [6.45, 7) is 1.08. The molecule has 1 aromatic carbocycles. The maximum Gasteiger partial charge on any atom is 0.298 e. The molecule has 94 valence electrons. The van der Waals surface area contributed by atoms with Crippen molar-refractivity contribution in [2.24, 2.45) is 0 Å². The molecule has 0 unspecified atom stereocenters. The van der Waals surface area contributed by atoms with Crippen molar-refractivity contribution >= 4 is 18.3 Å². The van der Waals surface area contributed by atoms with Crippen LogP contribution in [0, 0.1) is 0 Å². The predicted molar refractivity (Wildman–Crippen MR) is 61.3 cm³/mol. The Labute approximate surface area is 104 Å². The van der Waals surface area contributed by atoms with E-state index in [0.29, 0.717) is 19.6 Å². The lowest BCUT2D eigenvalue weighted by molar-refractivity contribution is -0.120. The van der Waals surface area contributed by atoms with E-state index in [1.807, 2.05) is 0 Å². The van der Waals surface area contributed by atoms with Crippen molar-refractivity contribution in [3.63, 3.8) is 0 Å². The molecular weight excluding hydrogens is 248 g/mol. The summed E-state index contributed by atoms with van der Waals surface area (Å²) in [6.07, 6.45) is 1.45. The van der Waals surface area contributed by atoms with E-state index in [1.54, 1.807) is 6.07 Å². The van der Waals surface area contributed by atoms with Gasteiger partial charge in [0, 0.05) is 0 Å². The van der Waals surface area contributed by atoms with Crippen molar-refractivity contribution in [2.45, 2.75) is 12.8 Å². The number of unbranched alkanes of at least 4 members (excludes halogenated alkanes) is 1. The second kappa shape index (κ2) is 7.76. The molecule has 0 aliphatic heterocycles. The van der Waals surface area contributed by atoms with E-state index in [0.717, 1.165) is 6.42 Å². The number of rotatable bonds is 8. The number of halogens is 1. The van der Waals surface area contributed by atoms with Gasteiger partial charge < -0.3 is 14.6 Å². The van der Waals surface area contributed by atoms with Crippen molar-refractivity contribution in [3.05, 3.63) is 18.2 Å². The molecule has 0 spiro atoms. The maximum atomic E-state index is 10.3. The van der Waals surface area contributed by atoms with Gasteiger partial charge in [-0.05, 0) is 25.0 Å². The van der Waals surface area contributed by atoms with E-state index in [9.17, 15) is 9.90 Å². The summed E-state index contributed by atoms with van der Waals surface area (Å²) in [5, 5.41) is 9.55. The van der Waals surface area contributed by atoms with Crippen molar-refractivity contribution in [1.29, 1.82) is 0 Å². The predicted octanol–water partition coefficient (Wildman–Crippen LogP) is 2.26. The minimum atomic E-state index is -0.0713. The van der Waals surface area contributed by atoms with Crippen molar-refractivity contribution < 1.29 is 23.7 Å². The summed E-state index contributed by atoms with van der Waals surface area (Å²) in [7, 11) is 0. The Morgan fingerprint density at radius 1 is 1.29 bits per heavy atom. The van der Waals surface area contributed by atoms with Gasteiger partial charge in [-0.1, -0.05) is 6.07 Å². The summed E-state index contributed by atoms with van der Waals surface area (Å²) in [5.41, 5.74) is 0. The number of phenols is 1. The zero-order valence-corrected chi connectivity index (χ0v) is 9.85. The first-order valence-electron chi connectivity index (χ1n) is 5.08. The Morgan fingerprint density at radius 3 is 2.76 bits per heavy atom. The Hall–Kier alpha value is -1.46. The third-order valence-corrected chi connectivity index (χ3v) is 2.15. The van der Waals surface area contributed by atoms with Gasteiger partial charge in [-0.25, -0.2) is 0 Å². The molecule has 0 bridgehead atoms. The molecule has 0 amide bonds. The SMILES string of the molecule is O=COc1cccc(O)c1OCCCCOCl. The molecule has 17 heavy (non-hydrogen) atoms. The Balaban J connectivity index is 2.53. The Morgan fingerprint density at radius 2 is 2.06 bits per heavy atom. The summed E-state index contributed by atoms with van der Waals surface area (Å²) in [6, 6.07) is 4.54. The standard InChI is InChI=1S/C11H13ClO5/c12-17-7-2-1-6-15-11-9(14)4-3-5-10(11)16-8-13/h3-5,8,14H,1-2,6-7H2. The van der Waals surface area contributed by atoms with Gasteiger partial charge in [0.15, 0.2) is 11.5 Å². The van der Waals surface area contributed by atoms with Gasteiger partial charge >= 0.3 is 0 Å². The molecule has 0 atom stereocenters. The number of ether oxygens (including phenoxy) is 2. The first kappa shape index (κ1) is 13.6. The van der Waals surface area contributed by atoms with Gasteiger partial charge in [0.25, 0.3) is 6.47 Å². The molecule has 0 saturated heterocycles. The minimum absolute atomic E-state index is 0.0713. The number of carbonyl (C=O) groups is 1. The molecule has 1 rings (SSSR count). The van der Waals surface area contributed by atoms with Crippen LogP contribution in [0.2, 0.25) is 0 Å². The van der Waals surface area contributed by atoms with Crippen LogP contribution in [0.1, 0.15) is 12.8 Å². The molecule has 0 aliphatic carbocycles. The second-order valence-corrected chi connectivity index (χ2v) is 3.41. The highest BCUT2D eigenvalue weighted by Crippen LogP contribution is 2.35. The highest BCUT2D eigenvalue weighted by atomic mass is 35.5. The number of carbonyl (C=O) groups excluding carboxylic acids is 1. The molecule has 0 heterocycles. The Kier molecular flexibility index (Phi) is 6.21. The van der Waals surface area contributed by atoms with Gasteiger partial charge in [-0.3, -0.25) is 9.08 Å². The van der Waals surface area contributed by atoms with E-state index in [2.05, 4.69) is 9.03 Å². The zero-order valence-electron chi connectivity index (χ0n) is 9.10. The molecule has 0 radical (unpaired) electrons. The fourth-order valence-electron chi connectivity index (χ4n) is 1.23. The van der Waals surface area contributed by atoms with Crippen LogP contribution < -0.4 is 9.47 Å². The smallest absolute Gasteiger partial charge is 0.298 e. The van der Waals surface area contributed by atoms with Gasteiger partial charge in [0.05, 0.1) is 25.1 Å². The lowest BCUT2D eigenvalue weighted by Crippen LogP contribution is -2.01. The quantitative estimate of drug-likeness (QED) is 0.574. The molecule has 0 saturated carbocycles. The minimum Gasteiger partial charge on any atom is -0.504 e. The molecule has 0 aromatic heterocycles. The normalized spacial score (nSPS) is 9.94. The van der Waals surface area contributed by atoms with Crippen LogP contribution in [-0.2, 0) is 9.08 Å². The monoisotopic (exact) mass is 260 g/mol. The van der Waals surface area contributed by atoms with Crippen LogP contribution in [0.5, 0.6) is 17.2 Å². The van der Waals surface area contributed by atoms with E-state index < -0.39 is 0 Å². The third-order valence-electron chi connectivity index (χ3n) is 2.00. The van der Waals surface area contributed by atoms with Gasteiger partial charge in [-0.2, -0.15) is 0 Å². The lowest BCUT2D eigenvalue weighted by atomic mass is 10.3. The summed E-state index contributed by atoms with van der Waals surface area (Å²) in [5.74, 6) is 0.276. The van der Waals surface area contributed by atoms with Crippen molar-refractivity contribution in [1.82, 2.24) is 0 Å². The van der Waals surface area contributed by atoms with E-state index in [1.165, 1.54) is 12.1 Å². The zero-order chi connectivity index (χ0) is 12.5. The number of benzene rings is 1. The third kappa shape index (κ3) is 4.50. The van der Waals surface area contributed by atoms with E-state index in [4.69, 9.17) is 16.6 Å². The van der Waals surface area contributed by atoms with Crippen LogP contribution in [0.4, 0.5) is 0 Å². The van der Waals surface area contributed by atoms with Crippen molar-refractivity contribution in [2.75, 3.05) is 13.2 Å². The molecule has 6 heteroatoms. The summed E-state index contributed by atoms with van der Waals surface area (Å²) < 4.78 is 14.4. The first-order chi connectivity index (χ1) is 8.29. The summed E-state index contributed by atoms with van der Waals surface area (Å²) >= 11 is 5.05. The number of para-hydroxylation sites is 1. The Bertz CT molecular complexity index is 356. The number of phenolic OH excluding ortho intramolecular Hbond substituents is 1. The average molecular weight is 261 g/mol. The molecule has 0 aliphatic rings. The van der Waals surface area contributed by atoms with Crippen molar-refractivity contribution in [3.8, 4) is 17.2 Å². The van der Waals surface area contributed by atoms with Crippen LogP contribution in [0.3, 0.4) is 0 Å². The second-order valence-electron chi connectivity index (χ2n) is 3.19. The first-order valence-corrected chi connectivity index (χ1v) is 5.39. The fraction of sp³-hybridized carbons (Fsp3) is 0.364. The van der Waals surface area contributed by atoms with Gasteiger partial charge in [0.2, 0.25) is 5.75 Å². The van der Waals surface area contributed by atoms with Gasteiger partial charge in [-0.15, -0.1) is 0 Å². The highest BCUT2D eigenvalue weighted by molar-refractivity contribution is 6.07. The lowest BCUT2D eigenvalue weighted by Gasteiger charge is -2.10. The largest absolute Gasteiger partial charge is 0.504 e. The topological polar surface area (TPSA) is 65.0 Å². The molecule has 5 nitrogen and oxygen atoms in total. The molecule has 1 N–H and O–H groups in total. The molecule has 0 fully saturated rings. The highest BCUT2D eigenvalue weighted by Gasteiger charge is 2.10. The fourth-order valence-corrected chi connectivity index (χ4v) is 1.34. The molecular formula is C11H13ClO5. The number of hydrogen-bond acceptors (Lipinski definition) is 5. The van der Waals surface area contributed by atoms with Crippen LogP contribution in [0.15, 0.2) is 18.2 Å². The maximum absolute atomic E-state index is 10.3. The van der Waals surface area contributed by atoms with Crippen LogP contribution in [0.25, 0.3) is 0 Å². The summed E-state index contributed by atoms with van der Waals surface area (Å²) in [4.78, 5) is 10.3. The van der Waals surface area contributed by atoms with E-state index >= 15 is 0 Å². The number of aromatic hydroxyl groups is 1. The van der Waals surface area contributed by atoms with Gasteiger partial charge in [0.1, 0.15) is 0 Å². The van der Waals surface area contributed by atoms with E-state index in [-0.39, 0.29) is 23.7 Å². The van der Waals surface area contributed by atoms with Crippen LogP contribution in [-0.4, -0.2) is 24.8 Å². The van der Waals surface area contributed by atoms with Crippen LogP contribution >= 0.6 is 11.9 Å². The average Bonchev–Trinajstić information content (AvgIpc) is 2.32. The number of hydrogen-bond donors (Lipinski definition) is 1. The molecule has 1 aromatic rings.